The van der Waals surface area contributed by atoms with Crippen molar-refractivity contribution in [2.45, 2.75) is 0 Å². The summed E-state index contributed by atoms with van der Waals surface area (Å²) in [4.78, 5) is 18.1. The molecular formula is C20H20ClN3OS. The summed E-state index contributed by atoms with van der Waals surface area (Å²) in [6.45, 7) is 3.88. The molecule has 4 nitrogen and oxygen atoms in total. The fourth-order valence-electron chi connectivity index (χ4n) is 3.21. The highest BCUT2D eigenvalue weighted by molar-refractivity contribution is 7.20. The molecule has 2 aromatic carbocycles. The predicted octanol–water partition coefficient (Wildman–Crippen LogP) is 4.56. The van der Waals surface area contributed by atoms with Crippen molar-refractivity contribution < 1.29 is 4.79 Å². The fraction of sp³-hybridized carbons (Fsp3) is 0.250. The quantitative estimate of drug-likeness (QED) is 0.717. The van der Waals surface area contributed by atoms with Crippen LogP contribution in [0.4, 0.5) is 11.4 Å². The monoisotopic (exact) mass is 385 g/mol. The van der Waals surface area contributed by atoms with Crippen molar-refractivity contribution >= 4 is 50.3 Å². The summed E-state index contributed by atoms with van der Waals surface area (Å²) in [6.07, 6.45) is 0. The summed E-state index contributed by atoms with van der Waals surface area (Å²) in [5.41, 5.74) is 1.79. The number of nitrogens with one attached hydrogen (secondary N) is 1. The number of likely N-dealkylation sites (N-methyl/N-ethyl adjacent to an activating group) is 1. The lowest BCUT2D eigenvalue weighted by Gasteiger charge is -2.35. The molecule has 26 heavy (non-hydrogen) atoms. The van der Waals surface area contributed by atoms with Crippen molar-refractivity contribution in [2.75, 3.05) is 43.4 Å². The van der Waals surface area contributed by atoms with E-state index in [1.165, 1.54) is 11.3 Å². The first-order valence-electron chi connectivity index (χ1n) is 8.63. The molecule has 1 aliphatic rings. The SMILES string of the molecule is CN1CCN(c2ccc(Cl)cc2NC(=O)c2cc3ccccc3s2)CC1. The standard InChI is InChI=1S/C20H20ClN3OS/c1-23-8-10-24(11-9-23)17-7-6-15(21)13-16(17)22-20(25)19-12-14-4-2-3-5-18(14)26-19/h2-7,12-13H,8-11H2,1H3,(H,22,25). The van der Waals surface area contributed by atoms with Crippen molar-refractivity contribution in [3.05, 3.63) is 58.4 Å². The Morgan fingerprint density at radius 1 is 1.08 bits per heavy atom. The maximum Gasteiger partial charge on any atom is 0.265 e. The number of nitrogens with zero attached hydrogens (tertiary/aromatic N) is 2. The normalized spacial score (nSPS) is 15.4. The van der Waals surface area contributed by atoms with Gasteiger partial charge in [0.25, 0.3) is 5.91 Å². The molecule has 1 aliphatic heterocycles. The lowest BCUT2D eigenvalue weighted by atomic mass is 10.2. The molecule has 0 saturated carbocycles. The minimum Gasteiger partial charge on any atom is -0.367 e. The van der Waals surface area contributed by atoms with E-state index in [9.17, 15) is 4.79 Å². The zero-order valence-electron chi connectivity index (χ0n) is 14.5. The molecule has 1 fully saturated rings. The van der Waals surface area contributed by atoms with Gasteiger partial charge in [-0.3, -0.25) is 4.79 Å². The second kappa shape index (κ2) is 7.27. The van der Waals surface area contributed by atoms with Gasteiger partial charge in [-0.05, 0) is 42.8 Å². The zero-order valence-corrected chi connectivity index (χ0v) is 16.1. The van der Waals surface area contributed by atoms with Gasteiger partial charge in [0.15, 0.2) is 0 Å². The van der Waals surface area contributed by atoms with Crippen LogP contribution in [-0.4, -0.2) is 44.0 Å². The van der Waals surface area contributed by atoms with E-state index in [-0.39, 0.29) is 5.91 Å². The topological polar surface area (TPSA) is 35.6 Å². The number of carbonyl (C=O) groups is 1. The summed E-state index contributed by atoms with van der Waals surface area (Å²) in [6, 6.07) is 15.7. The lowest BCUT2D eigenvalue weighted by molar-refractivity contribution is 0.103. The Morgan fingerprint density at radius 3 is 2.62 bits per heavy atom. The minimum absolute atomic E-state index is 0.0937. The number of carbonyl (C=O) groups excluding carboxylic acids is 1. The number of hydrogen-bond acceptors (Lipinski definition) is 4. The number of benzene rings is 2. The first kappa shape index (κ1) is 17.3. The van der Waals surface area contributed by atoms with Crippen LogP contribution >= 0.6 is 22.9 Å². The molecule has 1 amide bonds. The average Bonchev–Trinajstić information content (AvgIpc) is 3.07. The van der Waals surface area contributed by atoms with Crippen LogP contribution in [0.1, 0.15) is 9.67 Å². The minimum atomic E-state index is -0.0937. The number of rotatable bonds is 3. The Hall–Kier alpha value is -2.08. The van der Waals surface area contributed by atoms with Gasteiger partial charge in [0.05, 0.1) is 16.3 Å². The lowest BCUT2D eigenvalue weighted by Crippen LogP contribution is -2.44. The van der Waals surface area contributed by atoms with Crippen LogP contribution in [0, 0.1) is 0 Å². The van der Waals surface area contributed by atoms with E-state index < -0.39 is 0 Å². The first-order chi connectivity index (χ1) is 12.6. The highest BCUT2D eigenvalue weighted by Gasteiger charge is 2.19. The number of piperazine rings is 1. The summed E-state index contributed by atoms with van der Waals surface area (Å²) in [7, 11) is 2.13. The fourth-order valence-corrected chi connectivity index (χ4v) is 4.34. The Labute approximate surface area is 162 Å². The van der Waals surface area contributed by atoms with Crippen LogP contribution in [0.3, 0.4) is 0 Å². The van der Waals surface area contributed by atoms with Gasteiger partial charge in [-0.25, -0.2) is 0 Å². The Morgan fingerprint density at radius 2 is 1.85 bits per heavy atom. The molecular weight excluding hydrogens is 366 g/mol. The molecule has 4 rings (SSSR count). The van der Waals surface area contributed by atoms with E-state index in [0.717, 1.165) is 47.6 Å². The van der Waals surface area contributed by atoms with E-state index >= 15 is 0 Å². The second-order valence-electron chi connectivity index (χ2n) is 6.55. The molecule has 3 aromatic rings. The van der Waals surface area contributed by atoms with Crippen LogP contribution in [0.5, 0.6) is 0 Å². The summed E-state index contributed by atoms with van der Waals surface area (Å²) >= 11 is 7.70. The van der Waals surface area contributed by atoms with Crippen molar-refractivity contribution in [3.8, 4) is 0 Å². The Kier molecular flexibility index (Phi) is 4.85. The first-order valence-corrected chi connectivity index (χ1v) is 9.82. The molecule has 2 heterocycles. The molecule has 6 heteroatoms. The number of hydrogen-bond donors (Lipinski definition) is 1. The molecule has 0 radical (unpaired) electrons. The average molecular weight is 386 g/mol. The third-order valence-electron chi connectivity index (χ3n) is 4.70. The summed E-state index contributed by atoms with van der Waals surface area (Å²) in [5, 5.41) is 4.78. The number of fused-ring (bicyclic) bond motifs is 1. The maximum absolute atomic E-state index is 12.8. The third-order valence-corrected chi connectivity index (χ3v) is 6.05. The van der Waals surface area contributed by atoms with Crippen molar-refractivity contribution in [1.29, 1.82) is 0 Å². The largest absolute Gasteiger partial charge is 0.367 e. The molecule has 0 spiro atoms. The van der Waals surface area contributed by atoms with Crippen LogP contribution in [0.25, 0.3) is 10.1 Å². The van der Waals surface area contributed by atoms with Gasteiger partial charge in [0.2, 0.25) is 0 Å². The smallest absolute Gasteiger partial charge is 0.265 e. The number of amides is 1. The van der Waals surface area contributed by atoms with E-state index in [0.29, 0.717) is 9.90 Å². The molecule has 0 atom stereocenters. The maximum atomic E-state index is 12.8. The number of halogens is 1. The van der Waals surface area contributed by atoms with Crippen LogP contribution < -0.4 is 10.2 Å². The van der Waals surface area contributed by atoms with Crippen molar-refractivity contribution in [2.24, 2.45) is 0 Å². The summed E-state index contributed by atoms with van der Waals surface area (Å²) in [5.74, 6) is -0.0937. The predicted molar refractivity (Wildman–Crippen MR) is 111 cm³/mol. The number of anilines is 2. The highest BCUT2D eigenvalue weighted by Crippen LogP contribution is 2.32. The number of thiophene rings is 1. The van der Waals surface area contributed by atoms with Crippen molar-refractivity contribution in [3.63, 3.8) is 0 Å². The van der Waals surface area contributed by atoms with Gasteiger partial charge in [0, 0.05) is 35.9 Å². The van der Waals surface area contributed by atoms with Crippen LogP contribution in [0.15, 0.2) is 48.5 Å². The molecule has 1 aromatic heterocycles. The van der Waals surface area contributed by atoms with E-state index in [4.69, 9.17) is 11.6 Å². The van der Waals surface area contributed by atoms with E-state index in [1.54, 1.807) is 0 Å². The molecule has 0 aliphatic carbocycles. The van der Waals surface area contributed by atoms with Gasteiger partial charge in [-0.15, -0.1) is 11.3 Å². The molecule has 1 N–H and O–H groups in total. The van der Waals surface area contributed by atoms with E-state index in [1.807, 2.05) is 48.5 Å². The summed E-state index contributed by atoms with van der Waals surface area (Å²) < 4.78 is 1.11. The van der Waals surface area contributed by atoms with Gasteiger partial charge in [0.1, 0.15) is 0 Å². The Bertz CT molecular complexity index is 914. The van der Waals surface area contributed by atoms with Gasteiger partial charge < -0.3 is 15.1 Å². The van der Waals surface area contributed by atoms with Gasteiger partial charge in [-0.1, -0.05) is 29.8 Å². The van der Waals surface area contributed by atoms with E-state index in [2.05, 4.69) is 22.2 Å². The molecule has 134 valence electrons. The molecule has 0 bridgehead atoms. The van der Waals surface area contributed by atoms with Gasteiger partial charge in [-0.2, -0.15) is 0 Å². The highest BCUT2D eigenvalue weighted by atomic mass is 35.5. The van der Waals surface area contributed by atoms with Gasteiger partial charge >= 0.3 is 0 Å². The third kappa shape index (κ3) is 3.56. The van der Waals surface area contributed by atoms with Crippen LogP contribution in [-0.2, 0) is 0 Å². The molecule has 1 saturated heterocycles. The molecule has 0 unspecified atom stereocenters. The Balaban J connectivity index is 1.60. The van der Waals surface area contributed by atoms with Crippen molar-refractivity contribution in [1.82, 2.24) is 4.90 Å². The zero-order chi connectivity index (χ0) is 18.1. The second-order valence-corrected chi connectivity index (χ2v) is 8.07. The van der Waals surface area contributed by atoms with Crippen LogP contribution in [0.2, 0.25) is 5.02 Å².